The second-order valence-corrected chi connectivity index (χ2v) is 4.16. The molecule has 1 aromatic rings. The summed E-state index contributed by atoms with van der Waals surface area (Å²) in [7, 11) is 0. The molecule has 0 saturated carbocycles. The molecular formula is C10H10N2S. The van der Waals surface area contributed by atoms with E-state index in [9.17, 15) is 0 Å². The van der Waals surface area contributed by atoms with Gasteiger partial charge in [0.25, 0.3) is 0 Å². The molecule has 0 spiro atoms. The number of para-hydroxylation sites is 1. The molecule has 0 atom stereocenters. The minimum absolute atomic E-state index is 0.313. The summed E-state index contributed by atoms with van der Waals surface area (Å²) in [6.45, 7) is 0. The molecule has 0 aliphatic carbocycles. The number of hydrogen-bond acceptors (Lipinski definition) is 3. The summed E-state index contributed by atoms with van der Waals surface area (Å²) in [5, 5.41) is 12.2. The van der Waals surface area contributed by atoms with E-state index in [1.54, 1.807) is 11.8 Å². The molecule has 13 heavy (non-hydrogen) atoms. The number of thioether (sulfide) groups is 1. The van der Waals surface area contributed by atoms with Crippen molar-refractivity contribution in [3.8, 4) is 6.07 Å². The van der Waals surface area contributed by atoms with Gasteiger partial charge in [-0.15, -0.1) is 0 Å². The maximum Gasteiger partial charge on any atom is 0.143 e. The van der Waals surface area contributed by atoms with Crippen LogP contribution in [0.15, 0.2) is 30.3 Å². The molecule has 1 aliphatic rings. The third kappa shape index (κ3) is 1.63. The number of nitrogens with zero attached hydrogens (tertiary/aromatic N) is 1. The molecule has 2 nitrogen and oxygen atoms in total. The van der Waals surface area contributed by atoms with Gasteiger partial charge in [0.05, 0.1) is 6.07 Å². The number of nitriles is 1. The standard InChI is InChI=1S/C10H10N2S/c11-6-10(7-13-8-10)12-9-4-2-1-3-5-9/h1-5,12H,7-8H2. The van der Waals surface area contributed by atoms with E-state index >= 15 is 0 Å². The summed E-state index contributed by atoms with van der Waals surface area (Å²) in [6.07, 6.45) is 0. The molecular weight excluding hydrogens is 180 g/mol. The molecule has 1 heterocycles. The first-order valence-electron chi connectivity index (χ1n) is 4.17. The number of nitrogens with one attached hydrogen (secondary N) is 1. The monoisotopic (exact) mass is 190 g/mol. The average molecular weight is 190 g/mol. The topological polar surface area (TPSA) is 35.8 Å². The molecule has 1 aliphatic heterocycles. The van der Waals surface area contributed by atoms with Crippen LogP contribution in [-0.2, 0) is 0 Å². The van der Waals surface area contributed by atoms with Gasteiger partial charge in [-0.2, -0.15) is 17.0 Å². The molecule has 1 fully saturated rings. The van der Waals surface area contributed by atoms with Crippen molar-refractivity contribution in [1.29, 1.82) is 5.26 Å². The Balaban J connectivity index is 2.10. The van der Waals surface area contributed by atoms with Crippen LogP contribution in [0, 0.1) is 11.3 Å². The molecule has 0 radical (unpaired) electrons. The van der Waals surface area contributed by atoms with Crippen molar-refractivity contribution in [2.45, 2.75) is 5.54 Å². The third-order valence-electron chi connectivity index (χ3n) is 2.07. The average Bonchev–Trinajstić information content (AvgIpc) is 2.13. The predicted molar refractivity (Wildman–Crippen MR) is 55.7 cm³/mol. The predicted octanol–water partition coefficient (Wildman–Crippen LogP) is 2.11. The Kier molecular flexibility index (Phi) is 2.15. The fourth-order valence-electron chi connectivity index (χ4n) is 1.27. The van der Waals surface area contributed by atoms with E-state index in [4.69, 9.17) is 5.26 Å². The van der Waals surface area contributed by atoms with E-state index in [1.165, 1.54) is 0 Å². The zero-order chi connectivity index (χ0) is 9.15. The molecule has 0 amide bonds. The lowest BCUT2D eigenvalue weighted by Gasteiger charge is -2.36. The van der Waals surface area contributed by atoms with Gasteiger partial charge in [0.15, 0.2) is 0 Å². The minimum atomic E-state index is -0.313. The minimum Gasteiger partial charge on any atom is -0.366 e. The second-order valence-electron chi connectivity index (χ2n) is 3.18. The summed E-state index contributed by atoms with van der Waals surface area (Å²) in [4.78, 5) is 0. The molecule has 3 heteroatoms. The summed E-state index contributed by atoms with van der Waals surface area (Å²) in [6, 6.07) is 12.2. The van der Waals surface area contributed by atoms with Crippen LogP contribution in [0.5, 0.6) is 0 Å². The number of anilines is 1. The quantitative estimate of drug-likeness (QED) is 0.775. The van der Waals surface area contributed by atoms with E-state index in [-0.39, 0.29) is 5.54 Å². The van der Waals surface area contributed by atoms with Crippen molar-refractivity contribution in [1.82, 2.24) is 0 Å². The van der Waals surface area contributed by atoms with Crippen molar-refractivity contribution in [3.63, 3.8) is 0 Å². The first-order chi connectivity index (χ1) is 6.35. The van der Waals surface area contributed by atoms with Crippen molar-refractivity contribution in [2.75, 3.05) is 16.8 Å². The fraction of sp³-hybridized carbons (Fsp3) is 0.300. The Morgan fingerprint density at radius 1 is 1.31 bits per heavy atom. The van der Waals surface area contributed by atoms with Crippen LogP contribution >= 0.6 is 11.8 Å². The maximum atomic E-state index is 8.97. The molecule has 0 unspecified atom stereocenters. The normalized spacial score (nSPS) is 18.4. The van der Waals surface area contributed by atoms with Crippen molar-refractivity contribution in [3.05, 3.63) is 30.3 Å². The summed E-state index contributed by atoms with van der Waals surface area (Å²) >= 11 is 1.80. The first-order valence-corrected chi connectivity index (χ1v) is 5.32. The van der Waals surface area contributed by atoms with Gasteiger partial charge in [-0.05, 0) is 12.1 Å². The lowest BCUT2D eigenvalue weighted by molar-refractivity contribution is 0.716. The highest BCUT2D eigenvalue weighted by Gasteiger charge is 2.37. The van der Waals surface area contributed by atoms with Gasteiger partial charge in [0.1, 0.15) is 5.54 Å². The van der Waals surface area contributed by atoms with Crippen LogP contribution in [0.1, 0.15) is 0 Å². The number of rotatable bonds is 2. The number of benzene rings is 1. The lowest BCUT2D eigenvalue weighted by Crippen LogP contribution is -2.49. The van der Waals surface area contributed by atoms with Gasteiger partial charge >= 0.3 is 0 Å². The van der Waals surface area contributed by atoms with Crippen molar-refractivity contribution in [2.24, 2.45) is 0 Å². The van der Waals surface area contributed by atoms with E-state index in [0.717, 1.165) is 17.2 Å². The SMILES string of the molecule is N#CC1(Nc2ccccc2)CSC1. The highest BCUT2D eigenvalue weighted by Crippen LogP contribution is 2.32. The summed E-state index contributed by atoms with van der Waals surface area (Å²) < 4.78 is 0. The third-order valence-corrected chi connectivity index (χ3v) is 3.46. The van der Waals surface area contributed by atoms with Gasteiger partial charge in [-0.1, -0.05) is 18.2 Å². The molecule has 1 saturated heterocycles. The van der Waals surface area contributed by atoms with Crippen LogP contribution in [0.3, 0.4) is 0 Å². The summed E-state index contributed by atoms with van der Waals surface area (Å²) in [5.74, 6) is 1.77. The molecule has 0 bridgehead atoms. The van der Waals surface area contributed by atoms with Gasteiger partial charge in [0.2, 0.25) is 0 Å². The van der Waals surface area contributed by atoms with Crippen LogP contribution < -0.4 is 5.32 Å². The van der Waals surface area contributed by atoms with E-state index < -0.39 is 0 Å². The Morgan fingerprint density at radius 3 is 2.46 bits per heavy atom. The maximum absolute atomic E-state index is 8.97. The van der Waals surface area contributed by atoms with E-state index in [1.807, 2.05) is 30.3 Å². The molecule has 0 aromatic heterocycles. The van der Waals surface area contributed by atoms with E-state index in [2.05, 4.69) is 11.4 Å². The van der Waals surface area contributed by atoms with Crippen LogP contribution in [-0.4, -0.2) is 17.0 Å². The molecule has 1 N–H and O–H groups in total. The molecule has 66 valence electrons. The molecule has 1 aromatic carbocycles. The van der Waals surface area contributed by atoms with Crippen LogP contribution in [0.4, 0.5) is 5.69 Å². The smallest absolute Gasteiger partial charge is 0.143 e. The Morgan fingerprint density at radius 2 is 2.00 bits per heavy atom. The van der Waals surface area contributed by atoms with Crippen molar-refractivity contribution >= 4 is 17.4 Å². The van der Waals surface area contributed by atoms with Gasteiger partial charge in [-0.3, -0.25) is 0 Å². The van der Waals surface area contributed by atoms with E-state index in [0.29, 0.717) is 0 Å². The highest BCUT2D eigenvalue weighted by atomic mass is 32.2. The van der Waals surface area contributed by atoms with Gasteiger partial charge in [-0.25, -0.2) is 0 Å². The highest BCUT2D eigenvalue weighted by molar-refractivity contribution is 8.00. The Labute approximate surface area is 82.0 Å². The van der Waals surface area contributed by atoms with Crippen LogP contribution in [0.25, 0.3) is 0 Å². The zero-order valence-corrected chi connectivity index (χ0v) is 7.97. The lowest BCUT2D eigenvalue weighted by atomic mass is 10.1. The van der Waals surface area contributed by atoms with Gasteiger partial charge < -0.3 is 5.32 Å². The van der Waals surface area contributed by atoms with Crippen molar-refractivity contribution < 1.29 is 0 Å². The Hall–Kier alpha value is -1.14. The number of hydrogen-bond donors (Lipinski definition) is 1. The fourth-order valence-corrected chi connectivity index (χ4v) is 2.15. The summed E-state index contributed by atoms with van der Waals surface area (Å²) in [5.41, 5.74) is 0.718. The zero-order valence-electron chi connectivity index (χ0n) is 7.16. The molecule has 2 rings (SSSR count). The Bertz CT molecular complexity index is 325. The van der Waals surface area contributed by atoms with Gasteiger partial charge in [0, 0.05) is 17.2 Å². The van der Waals surface area contributed by atoms with Crippen LogP contribution in [0.2, 0.25) is 0 Å². The largest absolute Gasteiger partial charge is 0.366 e. The first kappa shape index (κ1) is 8.46. The second kappa shape index (κ2) is 3.31.